The molecule has 0 fully saturated rings. The molecule has 1 aliphatic heterocycles. The highest BCUT2D eigenvalue weighted by molar-refractivity contribution is 7.21. The number of halogens is 1. The second kappa shape index (κ2) is 6.32. The van der Waals surface area contributed by atoms with Gasteiger partial charge in [-0.05, 0) is 31.9 Å². The molecular formula is C22H18ClNO2S. The van der Waals surface area contributed by atoms with Crippen molar-refractivity contribution in [3.63, 3.8) is 0 Å². The summed E-state index contributed by atoms with van der Waals surface area (Å²) in [7, 11) is 0. The summed E-state index contributed by atoms with van der Waals surface area (Å²) in [5.41, 5.74) is 3.63. The van der Waals surface area contributed by atoms with Crippen molar-refractivity contribution in [1.82, 2.24) is 0 Å². The molecule has 1 aliphatic rings. The lowest BCUT2D eigenvalue weighted by atomic mass is 9.72. The van der Waals surface area contributed by atoms with Crippen LogP contribution in [0.25, 0.3) is 11.1 Å². The third-order valence-electron chi connectivity index (χ3n) is 5.16. The van der Waals surface area contributed by atoms with Gasteiger partial charge < -0.3 is 5.32 Å². The Bertz CT molecular complexity index is 1080. The molecule has 1 aromatic heterocycles. The van der Waals surface area contributed by atoms with Gasteiger partial charge in [0.2, 0.25) is 5.91 Å². The van der Waals surface area contributed by atoms with E-state index in [4.69, 9.17) is 11.6 Å². The zero-order valence-electron chi connectivity index (χ0n) is 15.2. The van der Waals surface area contributed by atoms with E-state index in [1.807, 2.05) is 62.4 Å². The molecule has 0 bridgehead atoms. The predicted molar refractivity (Wildman–Crippen MR) is 111 cm³/mol. The SMILES string of the molecule is Cc1ccc(C2(C)C(=O)Nc3sc(Cl)c(-c4cccc(C)c4)c3C2=O)cc1. The van der Waals surface area contributed by atoms with Crippen molar-refractivity contribution in [3.05, 3.63) is 75.1 Å². The van der Waals surface area contributed by atoms with E-state index in [-0.39, 0.29) is 11.7 Å². The van der Waals surface area contributed by atoms with Gasteiger partial charge in [0, 0.05) is 5.56 Å². The lowest BCUT2D eigenvalue weighted by molar-refractivity contribution is -0.119. The van der Waals surface area contributed by atoms with Gasteiger partial charge in [-0.3, -0.25) is 9.59 Å². The van der Waals surface area contributed by atoms with E-state index in [1.165, 1.54) is 11.3 Å². The van der Waals surface area contributed by atoms with Crippen LogP contribution in [0, 0.1) is 13.8 Å². The second-order valence-electron chi connectivity index (χ2n) is 7.10. The average molecular weight is 396 g/mol. The first-order chi connectivity index (χ1) is 12.8. The highest BCUT2D eigenvalue weighted by Crippen LogP contribution is 2.49. The van der Waals surface area contributed by atoms with Gasteiger partial charge in [-0.1, -0.05) is 71.3 Å². The molecule has 1 N–H and O–H groups in total. The zero-order valence-corrected chi connectivity index (χ0v) is 16.8. The number of hydrogen-bond donors (Lipinski definition) is 1. The molecule has 1 unspecified atom stereocenters. The van der Waals surface area contributed by atoms with Gasteiger partial charge in [-0.25, -0.2) is 0 Å². The normalized spacial score (nSPS) is 19.0. The molecule has 136 valence electrons. The molecular weight excluding hydrogens is 378 g/mol. The number of rotatable bonds is 2. The Morgan fingerprint density at radius 1 is 0.963 bits per heavy atom. The Labute approximate surface area is 167 Å². The van der Waals surface area contributed by atoms with Crippen LogP contribution in [0.3, 0.4) is 0 Å². The maximum absolute atomic E-state index is 13.6. The van der Waals surface area contributed by atoms with Crippen LogP contribution >= 0.6 is 22.9 Å². The minimum atomic E-state index is -1.29. The molecule has 1 atom stereocenters. The number of nitrogens with one attached hydrogen (secondary N) is 1. The molecule has 3 aromatic rings. The molecule has 0 aliphatic carbocycles. The van der Waals surface area contributed by atoms with E-state index in [0.29, 0.717) is 26.0 Å². The van der Waals surface area contributed by atoms with E-state index in [2.05, 4.69) is 5.32 Å². The topological polar surface area (TPSA) is 46.2 Å². The number of hydrogen-bond acceptors (Lipinski definition) is 3. The summed E-state index contributed by atoms with van der Waals surface area (Å²) < 4.78 is 0.507. The smallest absolute Gasteiger partial charge is 0.243 e. The van der Waals surface area contributed by atoms with Gasteiger partial charge in [0.05, 0.1) is 5.56 Å². The average Bonchev–Trinajstić information content (AvgIpc) is 2.96. The number of thiophene rings is 1. The number of aryl methyl sites for hydroxylation is 2. The minimum absolute atomic E-state index is 0.218. The molecule has 0 spiro atoms. The summed E-state index contributed by atoms with van der Waals surface area (Å²) in [6.45, 7) is 5.65. The van der Waals surface area contributed by atoms with Crippen LogP contribution in [-0.4, -0.2) is 11.7 Å². The van der Waals surface area contributed by atoms with Gasteiger partial charge in [0.25, 0.3) is 0 Å². The van der Waals surface area contributed by atoms with Gasteiger partial charge in [-0.2, -0.15) is 0 Å². The second-order valence-corrected chi connectivity index (χ2v) is 8.72. The monoisotopic (exact) mass is 395 g/mol. The summed E-state index contributed by atoms with van der Waals surface area (Å²) in [4.78, 5) is 26.5. The molecule has 0 saturated heterocycles. The highest BCUT2D eigenvalue weighted by atomic mass is 35.5. The fourth-order valence-corrected chi connectivity index (χ4v) is 4.87. The Morgan fingerprint density at radius 3 is 2.33 bits per heavy atom. The molecule has 0 radical (unpaired) electrons. The van der Waals surface area contributed by atoms with Crippen LogP contribution in [0.2, 0.25) is 4.34 Å². The molecule has 27 heavy (non-hydrogen) atoms. The molecule has 2 aromatic carbocycles. The molecule has 1 amide bonds. The standard InChI is InChI=1S/C22H18ClNO2S/c1-12-7-9-15(10-8-12)22(3)18(25)17-16(14-6-4-5-13(2)11-14)19(23)27-20(17)24-21(22)26/h4-11H,1-3H3,(H,24,26). The Balaban J connectivity index is 1.93. The molecule has 4 rings (SSSR count). The maximum atomic E-state index is 13.6. The van der Waals surface area contributed by atoms with Crippen molar-refractivity contribution in [3.8, 4) is 11.1 Å². The summed E-state index contributed by atoms with van der Waals surface area (Å²) >= 11 is 7.75. The van der Waals surface area contributed by atoms with E-state index in [1.54, 1.807) is 6.92 Å². The first-order valence-corrected chi connectivity index (χ1v) is 9.84. The van der Waals surface area contributed by atoms with Crippen LogP contribution in [0.5, 0.6) is 0 Å². The van der Waals surface area contributed by atoms with E-state index < -0.39 is 5.41 Å². The van der Waals surface area contributed by atoms with E-state index in [9.17, 15) is 9.59 Å². The van der Waals surface area contributed by atoms with Gasteiger partial charge in [-0.15, -0.1) is 11.3 Å². The third-order valence-corrected chi connectivity index (χ3v) is 6.48. The highest BCUT2D eigenvalue weighted by Gasteiger charge is 2.49. The summed E-state index contributed by atoms with van der Waals surface area (Å²) in [6, 6.07) is 15.4. The summed E-state index contributed by atoms with van der Waals surface area (Å²) in [5.74, 6) is -0.540. The number of amides is 1. The Kier molecular flexibility index (Phi) is 4.21. The summed E-state index contributed by atoms with van der Waals surface area (Å²) in [6.07, 6.45) is 0. The minimum Gasteiger partial charge on any atom is -0.316 e. The number of fused-ring (bicyclic) bond motifs is 1. The fourth-order valence-electron chi connectivity index (χ4n) is 3.50. The van der Waals surface area contributed by atoms with E-state index in [0.717, 1.165) is 16.7 Å². The van der Waals surface area contributed by atoms with Crippen molar-refractivity contribution < 1.29 is 9.59 Å². The molecule has 0 saturated carbocycles. The predicted octanol–water partition coefficient (Wildman–Crippen LogP) is 5.78. The molecule has 3 nitrogen and oxygen atoms in total. The number of ketones is 1. The third kappa shape index (κ3) is 2.71. The van der Waals surface area contributed by atoms with Crippen LogP contribution in [0.4, 0.5) is 5.00 Å². The largest absolute Gasteiger partial charge is 0.316 e. The van der Waals surface area contributed by atoms with Crippen molar-refractivity contribution in [1.29, 1.82) is 0 Å². The number of carbonyl (C=O) groups excluding carboxylic acids is 2. The van der Waals surface area contributed by atoms with Crippen molar-refractivity contribution in [2.24, 2.45) is 0 Å². The Hall–Kier alpha value is -2.43. The lowest BCUT2D eigenvalue weighted by Crippen LogP contribution is -2.48. The lowest BCUT2D eigenvalue weighted by Gasteiger charge is -2.32. The van der Waals surface area contributed by atoms with E-state index >= 15 is 0 Å². The maximum Gasteiger partial charge on any atom is 0.243 e. The van der Waals surface area contributed by atoms with Crippen molar-refractivity contribution >= 4 is 39.6 Å². The van der Waals surface area contributed by atoms with Gasteiger partial charge in [0.15, 0.2) is 5.78 Å². The van der Waals surface area contributed by atoms with Crippen molar-refractivity contribution in [2.45, 2.75) is 26.2 Å². The number of anilines is 1. The first-order valence-electron chi connectivity index (χ1n) is 8.65. The van der Waals surface area contributed by atoms with Crippen LogP contribution in [-0.2, 0) is 10.2 Å². The number of carbonyl (C=O) groups is 2. The Morgan fingerprint density at radius 2 is 1.67 bits per heavy atom. The van der Waals surface area contributed by atoms with Gasteiger partial charge >= 0.3 is 0 Å². The number of Topliss-reactive ketones (excluding diaryl/α,β-unsaturated/α-hetero) is 1. The van der Waals surface area contributed by atoms with Gasteiger partial charge in [0.1, 0.15) is 14.8 Å². The van der Waals surface area contributed by atoms with Crippen molar-refractivity contribution in [2.75, 3.05) is 5.32 Å². The zero-order chi connectivity index (χ0) is 19.3. The fraction of sp³-hybridized carbons (Fsp3) is 0.182. The molecule has 2 heterocycles. The van der Waals surface area contributed by atoms with Crippen LogP contribution < -0.4 is 5.32 Å². The first kappa shape index (κ1) is 18.0. The summed E-state index contributed by atoms with van der Waals surface area (Å²) in [5, 5.41) is 3.44. The van der Waals surface area contributed by atoms with Crippen LogP contribution in [0.1, 0.15) is 34.0 Å². The molecule has 5 heteroatoms. The quantitative estimate of drug-likeness (QED) is 0.559. The number of benzene rings is 2. The van der Waals surface area contributed by atoms with Crippen LogP contribution in [0.15, 0.2) is 48.5 Å².